The molecule has 0 radical (unpaired) electrons. The maximum Gasteiger partial charge on any atom is 0.199 e. The van der Waals surface area contributed by atoms with Crippen molar-refractivity contribution >= 4 is 11.5 Å². The summed E-state index contributed by atoms with van der Waals surface area (Å²) in [4.78, 5) is 4.10. The number of hydrogen-bond donors (Lipinski definition) is 1. The third kappa shape index (κ3) is 2.11. The number of anilines is 1. The predicted molar refractivity (Wildman–Crippen MR) is 63.6 cm³/mol. The van der Waals surface area contributed by atoms with E-state index in [1.807, 2.05) is 0 Å². The van der Waals surface area contributed by atoms with Gasteiger partial charge in [-0.05, 0) is 36.1 Å². The minimum Gasteiger partial charge on any atom is -0.368 e. The van der Waals surface area contributed by atoms with Gasteiger partial charge >= 0.3 is 0 Å². The number of tetrazole rings is 1. The van der Waals surface area contributed by atoms with E-state index in [-0.39, 0.29) is 0 Å². The standard InChI is InChI=1S/C11H14N6/c1-2-4-9(3-1)5-6-13-10-7-12-8-11-14-15-16-17(10)11/h3,7-8,13H,1-2,4-6H2. The number of rotatable bonds is 4. The molecular weight excluding hydrogens is 216 g/mol. The second-order valence-electron chi connectivity index (χ2n) is 4.17. The zero-order valence-electron chi connectivity index (χ0n) is 9.50. The Labute approximate surface area is 98.7 Å². The summed E-state index contributed by atoms with van der Waals surface area (Å²) in [6, 6.07) is 0. The zero-order chi connectivity index (χ0) is 11.5. The number of nitrogens with one attached hydrogen (secondary N) is 1. The first-order valence-corrected chi connectivity index (χ1v) is 5.87. The van der Waals surface area contributed by atoms with Gasteiger partial charge in [0.1, 0.15) is 5.82 Å². The molecular formula is C11H14N6. The summed E-state index contributed by atoms with van der Waals surface area (Å²) in [6.45, 7) is 0.895. The second kappa shape index (κ2) is 4.48. The van der Waals surface area contributed by atoms with Crippen LogP contribution in [0.5, 0.6) is 0 Å². The Kier molecular flexibility index (Phi) is 2.69. The molecule has 2 aromatic rings. The quantitative estimate of drug-likeness (QED) is 0.805. The number of fused-ring (bicyclic) bond motifs is 1. The van der Waals surface area contributed by atoms with E-state index in [0.29, 0.717) is 5.65 Å². The summed E-state index contributed by atoms with van der Waals surface area (Å²) < 4.78 is 1.66. The van der Waals surface area contributed by atoms with Gasteiger partial charge in [0.25, 0.3) is 0 Å². The molecule has 1 N–H and O–H groups in total. The average molecular weight is 230 g/mol. The second-order valence-corrected chi connectivity index (χ2v) is 4.17. The molecule has 0 aliphatic heterocycles. The van der Waals surface area contributed by atoms with Gasteiger partial charge in [0, 0.05) is 6.54 Å². The van der Waals surface area contributed by atoms with Gasteiger partial charge in [-0.1, -0.05) is 11.6 Å². The lowest BCUT2D eigenvalue weighted by Gasteiger charge is -2.06. The van der Waals surface area contributed by atoms with E-state index in [2.05, 4.69) is 31.9 Å². The van der Waals surface area contributed by atoms with E-state index in [0.717, 1.165) is 18.8 Å². The van der Waals surface area contributed by atoms with E-state index >= 15 is 0 Å². The van der Waals surface area contributed by atoms with Gasteiger partial charge in [-0.2, -0.15) is 4.52 Å². The van der Waals surface area contributed by atoms with Gasteiger partial charge in [0.2, 0.25) is 0 Å². The van der Waals surface area contributed by atoms with Gasteiger partial charge in [0.05, 0.1) is 12.4 Å². The predicted octanol–water partition coefficient (Wildman–Crippen LogP) is 1.43. The molecule has 0 atom stereocenters. The van der Waals surface area contributed by atoms with E-state index in [4.69, 9.17) is 0 Å². The molecule has 0 unspecified atom stereocenters. The molecule has 6 heteroatoms. The number of aromatic nitrogens is 5. The van der Waals surface area contributed by atoms with Crippen LogP contribution in [0.3, 0.4) is 0 Å². The lowest BCUT2D eigenvalue weighted by atomic mass is 10.2. The van der Waals surface area contributed by atoms with Crippen molar-refractivity contribution in [3.63, 3.8) is 0 Å². The summed E-state index contributed by atoms with van der Waals surface area (Å²) >= 11 is 0. The fourth-order valence-electron chi connectivity index (χ4n) is 2.11. The van der Waals surface area contributed by atoms with Gasteiger partial charge in [-0.15, -0.1) is 5.10 Å². The fraction of sp³-hybridized carbons (Fsp3) is 0.455. The topological polar surface area (TPSA) is 68.0 Å². The number of hydrogen-bond acceptors (Lipinski definition) is 5. The summed E-state index contributed by atoms with van der Waals surface area (Å²) in [5.41, 5.74) is 2.21. The van der Waals surface area contributed by atoms with Gasteiger partial charge < -0.3 is 5.32 Å². The molecule has 0 bridgehead atoms. The molecule has 0 saturated carbocycles. The maximum absolute atomic E-state index is 4.10. The summed E-state index contributed by atoms with van der Waals surface area (Å²) in [5, 5.41) is 14.7. The molecule has 1 aliphatic carbocycles. The van der Waals surface area contributed by atoms with Gasteiger partial charge in [-0.25, -0.2) is 0 Å². The third-order valence-electron chi connectivity index (χ3n) is 3.00. The van der Waals surface area contributed by atoms with E-state index in [1.165, 1.54) is 19.3 Å². The molecule has 0 fully saturated rings. The summed E-state index contributed by atoms with van der Waals surface area (Å²) in [6.07, 6.45) is 10.6. The molecule has 1 aliphatic rings. The van der Waals surface area contributed by atoms with Crippen molar-refractivity contribution in [2.45, 2.75) is 25.7 Å². The fourth-order valence-corrected chi connectivity index (χ4v) is 2.11. The highest BCUT2D eigenvalue weighted by Gasteiger charge is 2.06. The maximum atomic E-state index is 4.10. The average Bonchev–Trinajstić information content (AvgIpc) is 2.99. The zero-order valence-corrected chi connectivity index (χ0v) is 9.50. The molecule has 88 valence electrons. The van der Waals surface area contributed by atoms with Crippen molar-refractivity contribution in [3.8, 4) is 0 Å². The van der Waals surface area contributed by atoms with E-state index in [1.54, 1.807) is 22.5 Å². The Hall–Kier alpha value is -1.98. The Morgan fingerprint density at radius 1 is 1.35 bits per heavy atom. The van der Waals surface area contributed by atoms with Crippen LogP contribution >= 0.6 is 0 Å². The minimum absolute atomic E-state index is 0.662. The summed E-state index contributed by atoms with van der Waals surface area (Å²) in [5.74, 6) is 0.839. The first-order chi connectivity index (χ1) is 8.43. The normalized spacial score (nSPS) is 15.2. The highest BCUT2D eigenvalue weighted by molar-refractivity contribution is 5.43. The molecule has 0 spiro atoms. The molecule has 2 aromatic heterocycles. The van der Waals surface area contributed by atoms with Crippen molar-refractivity contribution in [2.24, 2.45) is 0 Å². The molecule has 17 heavy (non-hydrogen) atoms. The molecule has 3 rings (SSSR count). The van der Waals surface area contributed by atoms with Crippen LogP contribution < -0.4 is 5.32 Å². The van der Waals surface area contributed by atoms with Crippen LogP contribution in [-0.4, -0.2) is 31.6 Å². The van der Waals surface area contributed by atoms with Gasteiger partial charge in [-0.3, -0.25) is 4.98 Å². The van der Waals surface area contributed by atoms with Gasteiger partial charge in [0.15, 0.2) is 5.65 Å². The molecule has 6 nitrogen and oxygen atoms in total. The van der Waals surface area contributed by atoms with Crippen molar-refractivity contribution in [2.75, 3.05) is 11.9 Å². The Bertz CT molecular complexity index is 544. The van der Waals surface area contributed by atoms with Crippen molar-refractivity contribution < 1.29 is 0 Å². The van der Waals surface area contributed by atoms with Crippen LogP contribution in [-0.2, 0) is 0 Å². The molecule has 0 amide bonds. The molecule has 0 aromatic carbocycles. The van der Waals surface area contributed by atoms with E-state index in [9.17, 15) is 0 Å². The van der Waals surface area contributed by atoms with Crippen LogP contribution in [0.2, 0.25) is 0 Å². The minimum atomic E-state index is 0.662. The third-order valence-corrected chi connectivity index (χ3v) is 3.00. The van der Waals surface area contributed by atoms with Crippen LogP contribution in [0.4, 0.5) is 5.82 Å². The number of allylic oxidation sites excluding steroid dienone is 1. The van der Waals surface area contributed by atoms with E-state index < -0.39 is 0 Å². The van der Waals surface area contributed by atoms with Crippen molar-refractivity contribution in [1.29, 1.82) is 0 Å². The first-order valence-electron chi connectivity index (χ1n) is 5.87. The highest BCUT2D eigenvalue weighted by atomic mass is 15.5. The Balaban J connectivity index is 1.66. The monoisotopic (exact) mass is 230 g/mol. The highest BCUT2D eigenvalue weighted by Crippen LogP contribution is 2.20. The van der Waals surface area contributed by atoms with Crippen molar-refractivity contribution in [1.82, 2.24) is 25.0 Å². The van der Waals surface area contributed by atoms with Crippen LogP contribution in [0.25, 0.3) is 5.65 Å². The Morgan fingerprint density at radius 3 is 3.24 bits per heavy atom. The molecule has 0 saturated heterocycles. The summed E-state index contributed by atoms with van der Waals surface area (Å²) in [7, 11) is 0. The molecule has 2 heterocycles. The largest absolute Gasteiger partial charge is 0.368 e. The number of nitrogens with zero attached hydrogens (tertiary/aromatic N) is 5. The first kappa shape index (κ1) is 10.2. The van der Waals surface area contributed by atoms with Crippen LogP contribution in [0.1, 0.15) is 25.7 Å². The smallest absolute Gasteiger partial charge is 0.199 e. The lowest BCUT2D eigenvalue weighted by molar-refractivity contribution is 0.813. The van der Waals surface area contributed by atoms with Crippen LogP contribution in [0, 0.1) is 0 Å². The lowest BCUT2D eigenvalue weighted by Crippen LogP contribution is -2.07. The SMILES string of the molecule is C1=C(CCNc2cncc3nnnn23)CCC1. The van der Waals surface area contributed by atoms with Crippen LogP contribution in [0.15, 0.2) is 24.0 Å². The Morgan fingerprint density at radius 2 is 2.35 bits per heavy atom. The van der Waals surface area contributed by atoms with Crippen molar-refractivity contribution in [3.05, 3.63) is 24.0 Å².